The number of fused-ring (bicyclic) bond motifs is 1. The Morgan fingerprint density at radius 2 is 1.84 bits per heavy atom. The molecule has 3 fully saturated rings. The lowest BCUT2D eigenvalue weighted by atomic mass is 9.66. The molecule has 3 aliphatic rings. The minimum atomic E-state index is -0.789. The van der Waals surface area contributed by atoms with Gasteiger partial charge in [0.05, 0.1) is 29.2 Å². The van der Waals surface area contributed by atoms with Gasteiger partial charge in [0.2, 0.25) is 11.8 Å². The summed E-state index contributed by atoms with van der Waals surface area (Å²) in [5, 5.41) is 10.5. The zero-order valence-electron chi connectivity index (χ0n) is 24.6. The van der Waals surface area contributed by atoms with Crippen molar-refractivity contribution in [3.8, 4) is 0 Å². The van der Waals surface area contributed by atoms with Crippen LogP contribution in [-0.4, -0.2) is 79.6 Å². The third kappa shape index (κ3) is 5.07. The number of nitrogens with zero attached hydrogens (tertiary/aromatic N) is 2. The van der Waals surface area contributed by atoms with Crippen LogP contribution in [0.25, 0.3) is 0 Å². The molecule has 3 saturated heterocycles. The van der Waals surface area contributed by atoms with Gasteiger partial charge in [0.15, 0.2) is 0 Å². The van der Waals surface area contributed by atoms with Gasteiger partial charge in [-0.2, -0.15) is 0 Å². The van der Waals surface area contributed by atoms with Crippen molar-refractivity contribution in [3.63, 3.8) is 0 Å². The third-order valence-corrected chi connectivity index (χ3v) is 10.6. The Morgan fingerprint density at radius 1 is 1.21 bits per heavy atom. The first-order chi connectivity index (χ1) is 17.5. The summed E-state index contributed by atoms with van der Waals surface area (Å²) in [7, 11) is 0. The highest BCUT2D eigenvalue weighted by atomic mass is 32.2. The maximum Gasteiger partial charge on any atom is 0.311 e. The van der Waals surface area contributed by atoms with E-state index in [4.69, 9.17) is 4.74 Å². The summed E-state index contributed by atoms with van der Waals surface area (Å²) in [5.74, 6) is -2.17. The van der Waals surface area contributed by atoms with Crippen molar-refractivity contribution in [2.75, 3.05) is 19.8 Å². The van der Waals surface area contributed by atoms with E-state index in [1.165, 1.54) is 6.08 Å². The van der Waals surface area contributed by atoms with Crippen LogP contribution < -0.4 is 0 Å². The lowest BCUT2D eigenvalue weighted by Crippen LogP contribution is -2.62. The molecule has 2 bridgehead atoms. The second-order valence-electron chi connectivity index (χ2n) is 13.7. The molecule has 3 rings (SSSR count). The van der Waals surface area contributed by atoms with E-state index in [0.29, 0.717) is 19.4 Å². The second kappa shape index (κ2) is 10.6. The number of esters is 1. The summed E-state index contributed by atoms with van der Waals surface area (Å²) in [6, 6.07) is -1.33. The van der Waals surface area contributed by atoms with Crippen LogP contribution in [0.2, 0.25) is 0 Å². The first-order valence-electron chi connectivity index (χ1n) is 13.8. The highest BCUT2D eigenvalue weighted by Crippen LogP contribution is 2.72. The summed E-state index contributed by atoms with van der Waals surface area (Å²) in [5.41, 5.74) is -0.540. The zero-order valence-corrected chi connectivity index (χ0v) is 25.4. The van der Waals surface area contributed by atoms with Gasteiger partial charge in [-0.3, -0.25) is 14.4 Å². The zero-order chi connectivity index (χ0) is 28.8. The van der Waals surface area contributed by atoms with Gasteiger partial charge in [0.1, 0.15) is 12.6 Å². The van der Waals surface area contributed by atoms with Gasteiger partial charge in [-0.15, -0.1) is 18.3 Å². The van der Waals surface area contributed by atoms with E-state index in [-0.39, 0.29) is 36.4 Å². The molecule has 3 aliphatic heterocycles. The van der Waals surface area contributed by atoms with Crippen LogP contribution in [0.15, 0.2) is 25.3 Å². The van der Waals surface area contributed by atoms with Gasteiger partial charge >= 0.3 is 5.97 Å². The van der Waals surface area contributed by atoms with E-state index in [9.17, 15) is 19.5 Å². The summed E-state index contributed by atoms with van der Waals surface area (Å²) in [4.78, 5) is 46.1. The number of amides is 2. The van der Waals surface area contributed by atoms with Crippen LogP contribution >= 0.6 is 11.8 Å². The van der Waals surface area contributed by atoms with Gasteiger partial charge in [-0.1, -0.05) is 53.3 Å². The van der Waals surface area contributed by atoms with E-state index in [0.717, 1.165) is 6.42 Å². The minimum Gasteiger partial charge on any atom is -0.461 e. The second-order valence-corrected chi connectivity index (χ2v) is 15.6. The molecule has 7 nitrogen and oxygen atoms in total. The fourth-order valence-electron chi connectivity index (χ4n) is 7.51. The SMILES string of the molecule is C=CCOC(=O)[C@H]1[C@H]2C(=O)N([C@@H](CO)C(C)C)C(C(=O)N(CC=C)C(C)(C)CC(C)(C)C)C23CC[C@]1(C)S3. The number of hydrogen-bond donors (Lipinski definition) is 1. The molecule has 2 unspecified atom stereocenters. The predicted octanol–water partition coefficient (Wildman–Crippen LogP) is 4.44. The summed E-state index contributed by atoms with van der Waals surface area (Å²) >= 11 is 1.62. The first kappa shape index (κ1) is 30.7. The van der Waals surface area contributed by atoms with Crippen LogP contribution in [0.3, 0.4) is 0 Å². The quantitative estimate of drug-likeness (QED) is 0.303. The molecule has 0 radical (unpaired) electrons. The number of aliphatic hydroxyl groups is 1. The normalized spacial score (nSPS) is 31.4. The molecule has 6 atom stereocenters. The Bertz CT molecular complexity index is 972. The maximum atomic E-state index is 14.8. The van der Waals surface area contributed by atoms with Gasteiger partial charge in [0.25, 0.3) is 0 Å². The standard InChI is InChI=1S/C30H48N2O5S/c1-11-15-31(28(8,9)18-27(5,6)7)25(35)23-30-14-13-29(10,38-30)22(26(36)37-16-12-2)21(30)24(34)32(23)20(17-33)19(3)4/h11-12,19-23,33H,1-2,13-18H2,3-10H3/t20-,21-,22+,23?,29-,30?/m0/s1. The maximum absolute atomic E-state index is 14.8. The number of carbonyl (C=O) groups excluding carboxylic acids is 3. The first-order valence-corrected chi connectivity index (χ1v) is 14.7. The molecule has 0 saturated carbocycles. The Balaban J connectivity index is 2.17. The van der Waals surface area contributed by atoms with E-state index >= 15 is 0 Å². The van der Waals surface area contributed by atoms with Crippen molar-refractivity contribution >= 4 is 29.5 Å². The molecule has 1 spiro atoms. The molecule has 0 aromatic carbocycles. The number of thioether (sulfide) groups is 1. The van der Waals surface area contributed by atoms with Gasteiger partial charge in [-0.05, 0) is 51.4 Å². The topological polar surface area (TPSA) is 87.1 Å². The predicted molar refractivity (Wildman–Crippen MR) is 153 cm³/mol. The lowest BCUT2D eigenvalue weighted by Gasteiger charge is -2.47. The van der Waals surface area contributed by atoms with E-state index in [1.54, 1.807) is 22.7 Å². The fraction of sp³-hybridized carbons (Fsp3) is 0.767. The Morgan fingerprint density at radius 3 is 2.34 bits per heavy atom. The molecule has 38 heavy (non-hydrogen) atoms. The van der Waals surface area contributed by atoms with Gasteiger partial charge in [-0.25, -0.2) is 0 Å². The van der Waals surface area contributed by atoms with Crippen LogP contribution in [0, 0.1) is 23.2 Å². The summed E-state index contributed by atoms with van der Waals surface area (Å²) in [6.45, 7) is 24.3. The van der Waals surface area contributed by atoms with Crippen LogP contribution in [0.5, 0.6) is 0 Å². The lowest BCUT2D eigenvalue weighted by molar-refractivity contribution is -0.155. The molecule has 0 aromatic heterocycles. The Labute approximate surface area is 233 Å². The van der Waals surface area contributed by atoms with Crippen molar-refractivity contribution in [2.24, 2.45) is 23.2 Å². The number of rotatable bonds is 11. The smallest absolute Gasteiger partial charge is 0.311 e. The number of likely N-dealkylation sites (tertiary alicyclic amines) is 1. The van der Waals surface area contributed by atoms with E-state index < -0.39 is 44.9 Å². The summed E-state index contributed by atoms with van der Waals surface area (Å²) in [6.07, 6.45) is 5.38. The number of hydrogen-bond acceptors (Lipinski definition) is 6. The van der Waals surface area contributed by atoms with Crippen LogP contribution in [-0.2, 0) is 19.1 Å². The minimum absolute atomic E-state index is 0.0329. The van der Waals surface area contributed by atoms with Crippen LogP contribution in [0.4, 0.5) is 0 Å². The molecule has 214 valence electrons. The fourth-order valence-corrected chi connectivity index (χ4v) is 9.84. The molecule has 0 aliphatic carbocycles. The molecular weight excluding hydrogens is 500 g/mol. The highest BCUT2D eigenvalue weighted by molar-refractivity contribution is 8.02. The average Bonchev–Trinajstić information content (AvgIpc) is 3.35. The third-order valence-electron chi connectivity index (χ3n) is 8.63. The number of carbonyl (C=O) groups is 3. The molecule has 0 aromatic rings. The molecule has 2 amide bonds. The van der Waals surface area contributed by atoms with Gasteiger partial charge < -0.3 is 19.6 Å². The number of ether oxygens (including phenoxy) is 1. The largest absolute Gasteiger partial charge is 0.461 e. The van der Waals surface area contributed by atoms with Crippen molar-refractivity contribution in [1.82, 2.24) is 9.80 Å². The Hall–Kier alpha value is -1.80. The van der Waals surface area contributed by atoms with E-state index in [2.05, 4.69) is 47.8 Å². The summed E-state index contributed by atoms with van der Waals surface area (Å²) < 4.78 is 4.24. The Kier molecular flexibility index (Phi) is 8.61. The molecular formula is C30H48N2O5S. The number of aliphatic hydroxyl groups excluding tert-OH is 1. The molecule has 8 heteroatoms. The van der Waals surface area contributed by atoms with Crippen molar-refractivity contribution in [1.29, 1.82) is 0 Å². The van der Waals surface area contributed by atoms with Crippen molar-refractivity contribution in [3.05, 3.63) is 25.3 Å². The van der Waals surface area contributed by atoms with Crippen molar-refractivity contribution in [2.45, 2.75) is 102 Å². The van der Waals surface area contributed by atoms with Gasteiger partial charge in [0, 0.05) is 16.8 Å². The van der Waals surface area contributed by atoms with Crippen molar-refractivity contribution < 1.29 is 24.2 Å². The highest BCUT2D eigenvalue weighted by Gasteiger charge is 2.78. The van der Waals surface area contributed by atoms with E-state index in [1.807, 2.05) is 25.7 Å². The van der Waals surface area contributed by atoms with Crippen LogP contribution in [0.1, 0.15) is 74.7 Å². The molecule has 3 heterocycles. The average molecular weight is 549 g/mol. The monoisotopic (exact) mass is 548 g/mol. The molecule has 1 N–H and O–H groups in total.